The molecule has 0 unspecified atom stereocenters. The Morgan fingerprint density at radius 2 is 1.82 bits per heavy atom. The Bertz CT molecular complexity index is 914. The fourth-order valence-corrected chi connectivity index (χ4v) is 4.12. The molecule has 8 heteroatoms. The minimum Gasteiger partial charge on any atom is -0.288 e. The number of alkyl halides is 3. The number of rotatable bonds is 5. The lowest BCUT2D eigenvalue weighted by molar-refractivity contribution is -0.139. The first-order chi connectivity index (χ1) is 13.3. The van der Waals surface area contributed by atoms with E-state index in [2.05, 4.69) is 10.4 Å². The molecular weight excluding hydrogens is 391 g/mol. The molecule has 0 spiro atoms. The summed E-state index contributed by atoms with van der Waals surface area (Å²) in [4.78, 5) is 12.4. The molecule has 1 aromatic heterocycles. The Morgan fingerprint density at radius 1 is 1.18 bits per heavy atom. The van der Waals surface area contributed by atoms with Gasteiger partial charge in [0.05, 0.1) is 12.4 Å². The van der Waals surface area contributed by atoms with Gasteiger partial charge in [-0.25, -0.2) is 4.68 Å². The maximum atomic E-state index is 13.3. The van der Waals surface area contributed by atoms with Gasteiger partial charge in [0.15, 0.2) is 0 Å². The smallest absolute Gasteiger partial charge is 0.288 e. The van der Waals surface area contributed by atoms with Gasteiger partial charge in [-0.15, -0.1) is 0 Å². The molecule has 4 nitrogen and oxygen atoms in total. The molecule has 150 valence electrons. The van der Waals surface area contributed by atoms with Crippen LogP contribution in [0.3, 0.4) is 0 Å². The highest BCUT2D eigenvalue weighted by atomic mass is 35.5. The molecule has 1 N–H and O–H groups in total. The molecule has 0 saturated heterocycles. The zero-order valence-electron chi connectivity index (χ0n) is 15.2. The van der Waals surface area contributed by atoms with E-state index >= 15 is 0 Å². The summed E-state index contributed by atoms with van der Waals surface area (Å²) in [5.41, 5.74) is -1.26. The second-order valence-corrected chi connectivity index (χ2v) is 8.13. The molecule has 0 atom stereocenters. The summed E-state index contributed by atoms with van der Waals surface area (Å²) in [7, 11) is 0. The summed E-state index contributed by atoms with van der Waals surface area (Å²) in [5.74, 6) is 0.0182. The topological polar surface area (TPSA) is 46.9 Å². The second kappa shape index (κ2) is 7.19. The van der Waals surface area contributed by atoms with E-state index in [1.54, 1.807) is 12.1 Å². The largest absolute Gasteiger partial charge is 0.421 e. The molecular formula is C20H21ClF3N3O. The first kappa shape index (κ1) is 19.5. The summed E-state index contributed by atoms with van der Waals surface area (Å²) in [6.07, 6.45) is 0.638. The summed E-state index contributed by atoms with van der Waals surface area (Å²) in [6.45, 7) is -0.0644. The van der Waals surface area contributed by atoms with Gasteiger partial charge in [0.2, 0.25) is 0 Å². The van der Waals surface area contributed by atoms with Crippen molar-refractivity contribution in [2.75, 3.05) is 0 Å². The maximum Gasteiger partial charge on any atom is 0.421 e. The van der Waals surface area contributed by atoms with Crippen molar-refractivity contribution < 1.29 is 13.2 Å². The van der Waals surface area contributed by atoms with Crippen LogP contribution in [0.15, 0.2) is 35.1 Å². The quantitative estimate of drug-likeness (QED) is 0.768. The molecule has 2 aromatic rings. The van der Waals surface area contributed by atoms with Crippen molar-refractivity contribution in [1.29, 1.82) is 0 Å². The summed E-state index contributed by atoms with van der Waals surface area (Å²) >= 11 is 5.99. The summed E-state index contributed by atoms with van der Waals surface area (Å²) < 4.78 is 41.0. The van der Waals surface area contributed by atoms with Crippen LogP contribution in [0.2, 0.25) is 5.02 Å². The first-order valence-electron chi connectivity index (χ1n) is 9.49. The zero-order chi connectivity index (χ0) is 19.9. The van der Waals surface area contributed by atoms with Gasteiger partial charge in [0.1, 0.15) is 5.56 Å². The standard InChI is InChI=1S/C20H21ClF3N3O/c21-15-7-5-14(6-8-15)19(9-1-2-10-19)25-12-27-18(28)16(20(22,23)24)11-17(26-27)13-3-4-13/h5-8,11,13,25H,1-4,9-10,12H2. The van der Waals surface area contributed by atoms with Crippen molar-refractivity contribution in [3.05, 3.63) is 62.5 Å². The highest BCUT2D eigenvalue weighted by Crippen LogP contribution is 2.41. The van der Waals surface area contributed by atoms with E-state index in [4.69, 9.17) is 11.6 Å². The fourth-order valence-electron chi connectivity index (χ4n) is 3.99. The first-order valence-corrected chi connectivity index (χ1v) is 9.87. The number of halogens is 4. The molecule has 2 saturated carbocycles. The molecule has 2 aliphatic rings. The maximum absolute atomic E-state index is 13.3. The van der Waals surface area contributed by atoms with Crippen molar-refractivity contribution in [2.24, 2.45) is 0 Å². The Kier molecular flexibility index (Phi) is 5.00. The Labute approximate surface area is 165 Å². The van der Waals surface area contributed by atoms with E-state index in [1.807, 2.05) is 12.1 Å². The van der Waals surface area contributed by atoms with Gasteiger partial charge in [0.25, 0.3) is 5.56 Å². The predicted octanol–water partition coefficient (Wildman–Crippen LogP) is 4.81. The van der Waals surface area contributed by atoms with Gasteiger partial charge in [-0.2, -0.15) is 18.3 Å². The lowest BCUT2D eigenvalue weighted by Gasteiger charge is -2.31. The van der Waals surface area contributed by atoms with Gasteiger partial charge in [-0.05, 0) is 49.4 Å². The number of nitrogens with one attached hydrogen (secondary N) is 1. The third-order valence-electron chi connectivity index (χ3n) is 5.72. The minimum atomic E-state index is -4.69. The molecule has 28 heavy (non-hydrogen) atoms. The molecule has 0 aliphatic heterocycles. The number of hydrogen-bond donors (Lipinski definition) is 1. The van der Waals surface area contributed by atoms with Crippen LogP contribution in [-0.4, -0.2) is 9.78 Å². The normalized spacial score (nSPS) is 19.1. The average Bonchev–Trinajstić information content (AvgIpc) is 3.39. The average molecular weight is 412 g/mol. The SMILES string of the molecule is O=c1c(C(F)(F)F)cc(C2CC2)nn1CNC1(c2ccc(Cl)cc2)CCCC1. The monoisotopic (exact) mass is 411 g/mol. The van der Waals surface area contributed by atoms with Gasteiger partial charge in [-0.3, -0.25) is 10.1 Å². The molecule has 4 rings (SSSR count). The predicted molar refractivity (Wildman–Crippen MR) is 100 cm³/mol. The van der Waals surface area contributed by atoms with E-state index in [0.717, 1.165) is 54.8 Å². The van der Waals surface area contributed by atoms with Crippen LogP contribution in [0.25, 0.3) is 0 Å². The van der Waals surface area contributed by atoms with Crippen molar-refractivity contribution in [3.63, 3.8) is 0 Å². The second-order valence-electron chi connectivity index (χ2n) is 7.69. The molecule has 2 aliphatic carbocycles. The van der Waals surface area contributed by atoms with E-state index < -0.39 is 17.3 Å². The number of hydrogen-bond acceptors (Lipinski definition) is 3. The van der Waals surface area contributed by atoms with E-state index in [1.165, 1.54) is 0 Å². The van der Waals surface area contributed by atoms with Crippen molar-refractivity contribution in [3.8, 4) is 0 Å². The lowest BCUT2D eigenvalue weighted by Crippen LogP contribution is -2.44. The van der Waals surface area contributed by atoms with Crippen molar-refractivity contribution >= 4 is 11.6 Å². The Morgan fingerprint density at radius 3 is 2.39 bits per heavy atom. The highest BCUT2D eigenvalue weighted by Gasteiger charge is 2.39. The van der Waals surface area contributed by atoms with Gasteiger partial charge in [0, 0.05) is 16.5 Å². The minimum absolute atomic E-state index is 0.0182. The van der Waals surface area contributed by atoms with Crippen LogP contribution in [0.1, 0.15) is 61.3 Å². The Hall–Kier alpha value is -1.86. The molecule has 1 aromatic carbocycles. The van der Waals surface area contributed by atoms with Crippen LogP contribution >= 0.6 is 11.6 Å². The van der Waals surface area contributed by atoms with Crippen LogP contribution in [0, 0.1) is 0 Å². The van der Waals surface area contributed by atoms with E-state index in [0.29, 0.717) is 10.7 Å². The molecule has 1 heterocycles. The van der Waals surface area contributed by atoms with E-state index in [9.17, 15) is 18.0 Å². The molecule has 0 radical (unpaired) electrons. The molecule has 0 amide bonds. The van der Waals surface area contributed by atoms with Crippen molar-refractivity contribution in [1.82, 2.24) is 15.1 Å². The molecule has 0 bridgehead atoms. The zero-order valence-corrected chi connectivity index (χ0v) is 16.0. The van der Waals surface area contributed by atoms with E-state index in [-0.39, 0.29) is 18.1 Å². The Balaban J connectivity index is 1.65. The van der Waals surface area contributed by atoms with Crippen LogP contribution in [0.5, 0.6) is 0 Å². The number of aromatic nitrogens is 2. The summed E-state index contributed by atoms with van der Waals surface area (Å²) in [5, 5.41) is 8.20. The van der Waals surface area contributed by atoms with Crippen LogP contribution < -0.4 is 10.9 Å². The lowest BCUT2D eigenvalue weighted by atomic mass is 9.88. The van der Waals surface area contributed by atoms with Crippen LogP contribution in [-0.2, 0) is 18.4 Å². The number of nitrogens with zero attached hydrogens (tertiary/aromatic N) is 2. The van der Waals surface area contributed by atoms with Crippen molar-refractivity contribution in [2.45, 2.75) is 62.8 Å². The van der Waals surface area contributed by atoms with Gasteiger partial charge < -0.3 is 0 Å². The third kappa shape index (κ3) is 3.82. The highest BCUT2D eigenvalue weighted by molar-refractivity contribution is 6.30. The summed E-state index contributed by atoms with van der Waals surface area (Å²) in [6, 6.07) is 8.38. The fraction of sp³-hybridized carbons (Fsp3) is 0.500. The third-order valence-corrected chi connectivity index (χ3v) is 5.97. The van der Waals surface area contributed by atoms with Gasteiger partial charge in [-0.1, -0.05) is 36.6 Å². The van der Waals surface area contributed by atoms with Crippen LogP contribution in [0.4, 0.5) is 13.2 Å². The molecule has 2 fully saturated rings. The number of benzene rings is 1. The van der Waals surface area contributed by atoms with Gasteiger partial charge >= 0.3 is 6.18 Å².